The molecule has 0 aliphatic heterocycles. The van der Waals surface area contributed by atoms with Crippen LogP contribution in [0.1, 0.15) is 37.1 Å². The van der Waals surface area contributed by atoms with Crippen molar-refractivity contribution in [2.24, 2.45) is 5.92 Å². The molecule has 23 heavy (non-hydrogen) atoms. The monoisotopic (exact) mass is 331 g/mol. The lowest BCUT2D eigenvalue weighted by Crippen LogP contribution is -2.20. The van der Waals surface area contributed by atoms with Crippen molar-refractivity contribution in [3.05, 3.63) is 16.8 Å². The first-order valence-corrected chi connectivity index (χ1v) is 9.05. The first-order valence-electron chi connectivity index (χ1n) is 8.23. The van der Waals surface area contributed by atoms with Crippen LogP contribution < -0.4 is 5.32 Å². The molecule has 0 spiro atoms. The number of anilines is 1. The average molecular weight is 331 g/mol. The molecule has 3 heterocycles. The number of rotatable bonds is 4. The fraction of sp³-hybridized carbons (Fsp3) is 0.562. The first kappa shape index (κ1) is 14.8. The van der Waals surface area contributed by atoms with Crippen molar-refractivity contribution in [1.82, 2.24) is 19.6 Å². The minimum Gasteiger partial charge on any atom is -0.391 e. The normalized spacial score (nSPS) is 19.2. The van der Waals surface area contributed by atoms with Gasteiger partial charge in [0.2, 0.25) is 5.95 Å². The maximum Gasteiger partial charge on any atom is 0.227 e. The summed E-state index contributed by atoms with van der Waals surface area (Å²) in [5.74, 6) is 1.37. The van der Waals surface area contributed by atoms with Gasteiger partial charge in [-0.3, -0.25) is 0 Å². The number of aliphatic hydroxyl groups is 1. The van der Waals surface area contributed by atoms with E-state index in [2.05, 4.69) is 22.3 Å². The van der Waals surface area contributed by atoms with Gasteiger partial charge >= 0.3 is 0 Å². The third kappa shape index (κ3) is 2.48. The highest BCUT2D eigenvalue weighted by molar-refractivity contribution is 7.19. The number of aryl methyl sites for hydroxylation is 1. The van der Waals surface area contributed by atoms with Gasteiger partial charge in [0, 0.05) is 11.4 Å². The van der Waals surface area contributed by atoms with Crippen LogP contribution in [0.25, 0.3) is 15.9 Å². The van der Waals surface area contributed by atoms with E-state index >= 15 is 0 Å². The summed E-state index contributed by atoms with van der Waals surface area (Å²) in [6.07, 6.45) is 5.38. The van der Waals surface area contributed by atoms with E-state index in [4.69, 9.17) is 4.98 Å². The molecule has 0 aromatic carbocycles. The molecule has 0 saturated carbocycles. The molecular formula is C16H21N5OS. The van der Waals surface area contributed by atoms with Crippen molar-refractivity contribution in [3.8, 4) is 0 Å². The van der Waals surface area contributed by atoms with Crippen molar-refractivity contribution in [1.29, 1.82) is 0 Å². The summed E-state index contributed by atoms with van der Waals surface area (Å²) in [5.41, 5.74) is 2.28. The highest BCUT2D eigenvalue weighted by Crippen LogP contribution is 2.39. The molecule has 2 atom stereocenters. The van der Waals surface area contributed by atoms with E-state index in [9.17, 15) is 5.11 Å². The van der Waals surface area contributed by atoms with E-state index < -0.39 is 0 Å². The number of hydrogen-bond donors (Lipinski definition) is 2. The zero-order valence-electron chi connectivity index (χ0n) is 13.4. The molecule has 3 aromatic rings. The highest BCUT2D eigenvalue weighted by atomic mass is 32.1. The Morgan fingerprint density at radius 3 is 3.22 bits per heavy atom. The Balaban J connectivity index is 1.84. The molecule has 7 heteroatoms. The van der Waals surface area contributed by atoms with E-state index in [1.54, 1.807) is 22.2 Å². The van der Waals surface area contributed by atoms with Crippen LogP contribution in [0.15, 0.2) is 6.33 Å². The van der Waals surface area contributed by atoms with E-state index in [0.29, 0.717) is 24.8 Å². The molecular weight excluding hydrogens is 310 g/mol. The molecule has 0 bridgehead atoms. The van der Waals surface area contributed by atoms with Gasteiger partial charge in [0.05, 0.1) is 11.5 Å². The molecule has 6 nitrogen and oxygen atoms in total. The second kappa shape index (κ2) is 5.72. The molecule has 0 saturated heterocycles. The summed E-state index contributed by atoms with van der Waals surface area (Å²) >= 11 is 1.78. The van der Waals surface area contributed by atoms with E-state index in [0.717, 1.165) is 28.7 Å². The molecule has 3 aromatic heterocycles. The van der Waals surface area contributed by atoms with Crippen LogP contribution in [0, 0.1) is 5.92 Å². The average Bonchev–Trinajstić information content (AvgIpc) is 3.15. The van der Waals surface area contributed by atoms with Gasteiger partial charge in [0.1, 0.15) is 11.2 Å². The van der Waals surface area contributed by atoms with Crippen molar-refractivity contribution in [2.45, 2.75) is 45.6 Å². The van der Waals surface area contributed by atoms with Crippen LogP contribution in [-0.4, -0.2) is 37.3 Å². The van der Waals surface area contributed by atoms with Crippen molar-refractivity contribution in [2.75, 3.05) is 11.9 Å². The van der Waals surface area contributed by atoms with Gasteiger partial charge in [0.25, 0.3) is 0 Å². The van der Waals surface area contributed by atoms with Crippen LogP contribution in [0.2, 0.25) is 0 Å². The number of nitrogens with zero attached hydrogens (tertiary/aromatic N) is 4. The zero-order chi connectivity index (χ0) is 16.0. The molecule has 2 N–H and O–H groups in total. The molecule has 0 radical (unpaired) electrons. The fourth-order valence-electron chi connectivity index (χ4n) is 3.23. The lowest BCUT2D eigenvalue weighted by atomic mass is 9.89. The van der Waals surface area contributed by atoms with Gasteiger partial charge in [-0.1, -0.05) is 13.8 Å². The zero-order valence-corrected chi connectivity index (χ0v) is 14.2. The van der Waals surface area contributed by atoms with Crippen molar-refractivity contribution < 1.29 is 5.11 Å². The van der Waals surface area contributed by atoms with Crippen LogP contribution in [0.4, 0.5) is 5.95 Å². The Morgan fingerprint density at radius 2 is 2.39 bits per heavy atom. The molecule has 4 rings (SSSR count). The summed E-state index contributed by atoms with van der Waals surface area (Å²) in [6, 6.07) is 0. The van der Waals surface area contributed by atoms with Crippen LogP contribution in [-0.2, 0) is 12.8 Å². The third-order valence-corrected chi connectivity index (χ3v) is 5.82. The van der Waals surface area contributed by atoms with E-state index in [-0.39, 0.29) is 6.10 Å². The number of aromatic nitrogens is 4. The Morgan fingerprint density at radius 1 is 1.52 bits per heavy atom. The molecule has 1 aliphatic rings. The topological polar surface area (TPSA) is 75.3 Å². The van der Waals surface area contributed by atoms with E-state index in [1.807, 2.05) is 6.92 Å². The second-order valence-electron chi connectivity index (χ2n) is 6.41. The minimum absolute atomic E-state index is 0.386. The number of nitrogens with one attached hydrogen (secondary N) is 1. The Labute approximate surface area is 138 Å². The van der Waals surface area contributed by atoms with Crippen LogP contribution in [0.3, 0.4) is 0 Å². The second-order valence-corrected chi connectivity index (χ2v) is 7.49. The van der Waals surface area contributed by atoms with Crippen molar-refractivity contribution in [3.63, 3.8) is 0 Å². The molecule has 0 fully saturated rings. The first-order chi connectivity index (χ1) is 11.2. The predicted octanol–water partition coefficient (Wildman–Crippen LogP) is 2.65. The van der Waals surface area contributed by atoms with Crippen LogP contribution >= 0.6 is 11.3 Å². The standard InChI is InChI=1S/C16H21N5OS/c1-3-10(22)7-17-16-20-15-13(14-18-8-19-21(14)16)11-6-9(2)4-5-12(11)23-15/h8-10,22H,3-7H2,1-2H3,(H,17,20)/t9-,10+/m1/s1. The molecule has 0 unspecified atom stereocenters. The number of aliphatic hydroxyl groups excluding tert-OH is 1. The van der Waals surface area contributed by atoms with Crippen molar-refractivity contribution >= 4 is 33.1 Å². The largest absolute Gasteiger partial charge is 0.391 e. The molecule has 1 aliphatic carbocycles. The molecule has 122 valence electrons. The lowest BCUT2D eigenvalue weighted by molar-refractivity contribution is 0.183. The van der Waals surface area contributed by atoms with Gasteiger partial charge in [-0.2, -0.15) is 9.61 Å². The molecule has 0 amide bonds. The smallest absolute Gasteiger partial charge is 0.227 e. The quantitative estimate of drug-likeness (QED) is 0.769. The maximum absolute atomic E-state index is 9.78. The summed E-state index contributed by atoms with van der Waals surface area (Å²) < 4.78 is 1.76. The summed E-state index contributed by atoms with van der Waals surface area (Å²) in [7, 11) is 0. The Kier molecular flexibility index (Phi) is 3.69. The Hall–Kier alpha value is -1.73. The fourth-order valence-corrected chi connectivity index (χ4v) is 4.44. The highest BCUT2D eigenvalue weighted by Gasteiger charge is 2.24. The van der Waals surface area contributed by atoms with Gasteiger partial charge in [-0.15, -0.1) is 11.3 Å². The van der Waals surface area contributed by atoms with E-state index in [1.165, 1.54) is 16.9 Å². The van der Waals surface area contributed by atoms with Gasteiger partial charge < -0.3 is 10.4 Å². The summed E-state index contributed by atoms with van der Waals surface area (Å²) in [6.45, 7) is 4.73. The minimum atomic E-state index is -0.386. The lowest BCUT2D eigenvalue weighted by Gasteiger charge is -2.18. The van der Waals surface area contributed by atoms with Gasteiger partial charge in [0.15, 0.2) is 5.65 Å². The number of hydrogen-bond acceptors (Lipinski definition) is 6. The number of fused-ring (bicyclic) bond motifs is 5. The summed E-state index contributed by atoms with van der Waals surface area (Å²) in [5, 5.41) is 18.5. The van der Waals surface area contributed by atoms with Gasteiger partial charge in [-0.05, 0) is 37.2 Å². The van der Waals surface area contributed by atoms with Gasteiger partial charge in [-0.25, -0.2) is 9.97 Å². The van der Waals surface area contributed by atoms with Crippen LogP contribution in [0.5, 0.6) is 0 Å². The SMILES string of the molecule is CC[C@H](O)CNc1nc2sc3c(c2c2ncnn12)C[C@H](C)CC3. The third-order valence-electron chi connectivity index (χ3n) is 4.64. The maximum atomic E-state index is 9.78. The number of thiophene rings is 1. The predicted molar refractivity (Wildman–Crippen MR) is 92.1 cm³/mol. The Bertz CT molecular complexity index is 855. The summed E-state index contributed by atoms with van der Waals surface area (Å²) in [4.78, 5) is 11.7.